The van der Waals surface area contributed by atoms with E-state index in [4.69, 9.17) is 4.74 Å². The van der Waals surface area contributed by atoms with Crippen LogP contribution in [-0.4, -0.2) is 5.97 Å². The highest BCUT2D eigenvalue weighted by Gasteiger charge is 2.39. The van der Waals surface area contributed by atoms with Crippen LogP contribution in [0.4, 0.5) is 0 Å². The van der Waals surface area contributed by atoms with Gasteiger partial charge in [0.1, 0.15) is 11.7 Å². The van der Waals surface area contributed by atoms with Gasteiger partial charge in [0.15, 0.2) is 0 Å². The van der Waals surface area contributed by atoms with Crippen molar-refractivity contribution >= 4 is 5.97 Å². The Labute approximate surface area is 110 Å². The van der Waals surface area contributed by atoms with Crippen LogP contribution in [0.25, 0.3) is 0 Å². The van der Waals surface area contributed by atoms with E-state index in [1.165, 1.54) is 51.4 Å². The minimum absolute atomic E-state index is 0.0274. The zero-order valence-electron chi connectivity index (χ0n) is 11.2. The monoisotopic (exact) mass is 248 g/mol. The van der Waals surface area contributed by atoms with Crippen molar-refractivity contribution in [3.63, 3.8) is 0 Å². The predicted molar refractivity (Wildman–Crippen MR) is 70.8 cm³/mol. The van der Waals surface area contributed by atoms with Gasteiger partial charge in [0.25, 0.3) is 0 Å². The second-order valence-corrected chi connectivity index (χ2v) is 6.35. The summed E-state index contributed by atoms with van der Waals surface area (Å²) in [5.41, 5.74) is 0. The lowest BCUT2D eigenvalue weighted by Gasteiger charge is -2.30. The number of ether oxygens (including phenoxy) is 1. The first-order chi connectivity index (χ1) is 8.83. The van der Waals surface area contributed by atoms with Crippen molar-refractivity contribution in [1.29, 1.82) is 0 Å². The van der Waals surface area contributed by atoms with Gasteiger partial charge in [-0.25, -0.2) is 0 Å². The summed E-state index contributed by atoms with van der Waals surface area (Å²) in [6.07, 6.45) is 15.3. The van der Waals surface area contributed by atoms with Crippen molar-refractivity contribution in [2.75, 3.05) is 0 Å². The maximum absolute atomic E-state index is 11.6. The molecule has 3 fully saturated rings. The van der Waals surface area contributed by atoms with E-state index in [0.717, 1.165) is 30.4 Å². The molecular formula is C16H24O2. The molecule has 0 bridgehead atoms. The molecule has 2 heteroatoms. The molecule has 0 aromatic heterocycles. The molecule has 1 atom stereocenters. The van der Waals surface area contributed by atoms with E-state index in [9.17, 15) is 4.79 Å². The lowest BCUT2D eigenvalue weighted by molar-refractivity contribution is -0.158. The Morgan fingerprint density at radius 3 is 2.22 bits per heavy atom. The standard InChI is InChI=1S/C16H24O2/c17-16-14(11-13-7-3-4-8-13)15(18-16)10-9-12-5-1-2-6-12/h10,12-14H,1-9,11H2/b15-10-/t14-/m1/s1. The number of esters is 1. The van der Waals surface area contributed by atoms with Crippen molar-refractivity contribution in [2.45, 2.75) is 64.2 Å². The molecule has 3 aliphatic rings. The molecule has 0 unspecified atom stereocenters. The van der Waals surface area contributed by atoms with E-state index in [-0.39, 0.29) is 11.9 Å². The van der Waals surface area contributed by atoms with Crippen LogP contribution in [0.1, 0.15) is 64.2 Å². The largest absolute Gasteiger partial charge is 0.430 e. The average Bonchev–Trinajstić information content (AvgIpc) is 3.04. The van der Waals surface area contributed by atoms with Gasteiger partial charge in [0.05, 0.1) is 0 Å². The fourth-order valence-corrected chi connectivity index (χ4v) is 3.82. The normalized spacial score (nSPS) is 31.9. The Kier molecular flexibility index (Phi) is 3.72. The van der Waals surface area contributed by atoms with Crippen LogP contribution in [0.3, 0.4) is 0 Å². The molecule has 2 saturated carbocycles. The Morgan fingerprint density at radius 2 is 1.61 bits per heavy atom. The molecule has 0 spiro atoms. The molecule has 3 rings (SSSR count). The van der Waals surface area contributed by atoms with Crippen molar-refractivity contribution in [3.8, 4) is 0 Å². The molecule has 0 radical (unpaired) electrons. The second kappa shape index (κ2) is 5.46. The van der Waals surface area contributed by atoms with Crippen LogP contribution >= 0.6 is 0 Å². The topological polar surface area (TPSA) is 26.3 Å². The van der Waals surface area contributed by atoms with Crippen LogP contribution in [0, 0.1) is 17.8 Å². The molecule has 2 nitrogen and oxygen atoms in total. The summed E-state index contributed by atoms with van der Waals surface area (Å²) in [4.78, 5) is 11.6. The number of carbonyl (C=O) groups excluding carboxylic acids is 1. The molecule has 0 aromatic rings. The smallest absolute Gasteiger partial charge is 0.321 e. The summed E-state index contributed by atoms with van der Waals surface area (Å²) in [5, 5.41) is 0. The molecule has 1 heterocycles. The van der Waals surface area contributed by atoms with Gasteiger partial charge in [-0.05, 0) is 30.8 Å². The van der Waals surface area contributed by atoms with Crippen LogP contribution in [0.15, 0.2) is 11.8 Å². The highest BCUT2D eigenvalue weighted by molar-refractivity contribution is 5.83. The summed E-state index contributed by atoms with van der Waals surface area (Å²) in [7, 11) is 0. The van der Waals surface area contributed by atoms with Gasteiger partial charge >= 0.3 is 5.97 Å². The van der Waals surface area contributed by atoms with E-state index in [2.05, 4.69) is 6.08 Å². The van der Waals surface area contributed by atoms with Gasteiger partial charge in [-0.1, -0.05) is 51.4 Å². The van der Waals surface area contributed by atoms with Crippen molar-refractivity contribution < 1.29 is 9.53 Å². The molecule has 1 saturated heterocycles. The van der Waals surface area contributed by atoms with Gasteiger partial charge in [0.2, 0.25) is 0 Å². The number of allylic oxidation sites excluding steroid dienone is 1. The third-order valence-corrected chi connectivity index (χ3v) is 5.02. The summed E-state index contributed by atoms with van der Waals surface area (Å²) in [6.45, 7) is 0. The zero-order valence-corrected chi connectivity index (χ0v) is 11.2. The molecule has 1 aliphatic heterocycles. The molecular weight excluding hydrogens is 224 g/mol. The first-order valence-corrected chi connectivity index (χ1v) is 7.74. The minimum atomic E-state index is 0.0274. The highest BCUT2D eigenvalue weighted by atomic mass is 16.6. The summed E-state index contributed by atoms with van der Waals surface area (Å²) in [5.74, 6) is 2.77. The Morgan fingerprint density at radius 1 is 1.00 bits per heavy atom. The molecule has 100 valence electrons. The van der Waals surface area contributed by atoms with Gasteiger partial charge < -0.3 is 4.74 Å². The third-order valence-electron chi connectivity index (χ3n) is 5.02. The molecule has 2 aliphatic carbocycles. The number of rotatable bonds is 4. The van der Waals surface area contributed by atoms with E-state index in [1.54, 1.807) is 0 Å². The Balaban J connectivity index is 1.51. The Bertz CT molecular complexity index is 333. The fourth-order valence-electron chi connectivity index (χ4n) is 3.82. The number of hydrogen-bond acceptors (Lipinski definition) is 2. The third kappa shape index (κ3) is 2.62. The van der Waals surface area contributed by atoms with Crippen molar-refractivity contribution in [3.05, 3.63) is 11.8 Å². The highest BCUT2D eigenvalue weighted by Crippen LogP contribution is 2.39. The quantitative estimate of drug-likeness (QED) is 0.697. The molecule has 0 amide bonds. The second-order valence-electron chi connectivity index (χ2n) is 6.35. The number of cyclic esters (lactones) is 1. The van der Waals surface area contributed by atoms with E-state index in [0.29, 0.717) is 0 Å². The SMILES string of the molecule is O=C1O/C(=C\CC2CCCC2)[C@H]1CC1CCCC1. The van der Waals surface area contributed by atoms with E-state index in [1.807, 2.05) is 0 Å². The van der Waals surface area contributed by atoms with Crippen LogP contribution in [0.2, 0.25) is 0 Å². The lowest BCUT2D eigenvalue weighted by atomic mass is 9.88. The van der Waals surface area contributed by atoms with Gasteiger partial charge in [-0.3, -0.25) is 4.79 Å². The van der Waals surface area contributed by atoms with Crippen LogP contribution in [-0.2, 0) is 9.53 Å². The summed E-state index contributed by atoms with van der Waals surface area (Å²) in [6, 6.07) is 0. The maximum atomic E-state index is 11.6. The van der Waals surface area contributed by atoms with Gasteiger partial charge in [0, 0.05) is 0 Å². The van der Waals surface area contributed by atoms with E-state index >= 15 is 0 Å². The van der Waals surface area contributed by atoms with Gasteiger partial charge in [-0.2, -0.15) is 0 Å². The van der Waals surface area contributed by atoms with Crippen molar-refractivity contribution in [1.82, 2.24) is 0 Å². The predicted octanol–water partition coefficient (Wildman–Crippen LogP) is 4.20. The maximum Gasteiger partial charge on any atom is 0.321 e. The molecule has 0 aromatic carbocycles. The van der Waals surface area contributed by atoms with Crippen LogP contribution in [0.5, 0.6) is 0 Å². The minimum Gasteiger partial charge on any atom is -0.430 e. The molecule has 18 heavy (non-hydrogen) atoms. The Hall–Kier alpha value is -0.790. The first kappa shape index (κ1) is 12.3. The van der Waals surface area contributed by atoms with Crippen LogP contribution < -0.4 is 0 Å². The fraction of sp³-hybridized carbons (Fsp3) is 0.812. The van der Waals surface area contributed by atoms with Gasteiger partial charge in [-0.15, -0.1) is 0 Å². The lowest BCUT2D eigenvalue weighted by Crippen LogP contribution is -2.33. The summed E-state index contributed by atoms with van der Waals surface area (Å²) < 4.78 is 5.24. The molecule has 0 N–H and O–H groups in total. The van der Waals surface area contributed by atoms with E-state index < -0.39 is 0 Å². The number of hydrogen-bond donors (Lipinski definition) is 0. The average molecular weight is 248 g/mol. The first-order valence-electron chi connectivity index (χ1n) is 7.74. The summed E-state index contributed by atoms with van der Waals surface area (Å²) >= 11 is 0. The number of carbonyl (C=O) groups is 1. The van der Waals surface area contributed by atoms with Crippen molar-refractivity contribution in [2.24, 2.45) is 17.8 Å². The zero-order chi connectivity index (χ0) is 12.4.